The predicted octanol–water partition coefficient (Wildman–Crippen LogP) is 5.17. The number of aromatic nitrogens is 4. The normalized spacial score (nSPS) is 19.2. The highest BCUT2D eigenvalue weighted by atomic mass is 31.2. The molecule has 0 saturated carbocycles. The smallest absolute Gasteiger partial charge is 0.407 e. The summed E-state index contributed by atoms with van der Waals surface area (Å²) in [7, 11) is -3.71. The first-order valence-corrected chi connectivity index (χ1v) is 19.4. The number of carbonyl (C=O) groups is 1. The highest BCUT2D eigenvalue weighted by Gasteiger charge is 2.47. The fraction of sp³-hybridized carbons (Fsp3) is 0.519. The van der Waals surface area contributed by atoms with Crippen LogP contribution in [0.15, 0.2) is 24.5 Å². The van der Waals surface area contributed by atoms with Crippen molar-refractivity contribution in [1.29, 1.82) is 0 Å². The molecule has 3 aromatic rings. The summed E-state index contributed by atoms with van der Waals surface area (Å²) >= 11 is 0. The molecule has 0 radical (unpaired) electrons. The van der Waals surface area contributed by atoms with Crippen LogP contribution in [0, 0.1) is 11.6 Å². The van der Waals surface area contributed by atoms with E-state index in [1.807, 2.05) is 27.7 Å². The fourth-order valence-electron chi connectivity index (χ4n) is 5.30. The third-order valence-electron chi connectivity index (χ3n) is 7.45. The summed E-state index contributed by atoms with van der Waals surface area (Å²) in [6.07, 6.45) is 4.62. The second kappa shape index (κ2) is 9.71. The van der Waals surface area contributed by atoms with Crippen LogP contribution >= 0.6 is 7.14 Å². The van der Waals surface area contributed by atoms with E-state index in [1.54, 1.807) is 13.3 Å². The van der Waals surface area contributed by atoms with Crippen LogP contribution in [0.2, 0.25) is 25.7 Å². The van der Waals surface area contributed by atoms with Crippen LogP contribution in [0.25, 0.3) is 22.3 Å². The maximum Gasteiger partial charge on any atom is 0.407 e. The fourth-order valence-corrected chi connectivity index (χ4v) is 6.44. The molecule has 0 aliphatic carbocycles. The van der Waals surface area contributed by atoms with Crippen molar-refractivity contribution < 1.29 is 19.2 Å². The first-order valence-electron chi connectivity index (χ1n) is 13.1. The summed E-state index contributed by atoms with van der Waals surface area (Å²) < 4.78 is 22.3. The molecule has 1 unspecified atom stereocenters. The van der Waals surface area contributed by atoms with Crippen LogP contribution < -0.4 is 0 Å². The van der Waals surface area contributed by atoms with Gasteiger partial charge in [-0.05, 0) is 50.0 Å². The summed E-state index contributed by atoms with van der Waals surface area (Å²) in [5.41, 5.74) is 7.08. The van der Waals surface area contributed by atoms with Crippen molar-refractivity contribution in [2.75, 3.05) is 33.0 Å². The molecule has 1 atom stereocenters. The summed E-state index contributed by atoms with van der Waals surface area (Å²) in [6, 6.07) is 5.22. The summed E-state index contributed by atoms with van der Waals surface area (Å²) in [6.45, 7) is 13.2. The standard InChI is InChI=1S/C27H36N5O4PSi/c1-37(2,35)12-6-20-17-31(19-36-11-13-38(3,4)5)25-22(20)14-21(16-28-25)23-15-24-27(8-10-32(24)29-23)7-9-30(18-27)26(33)34/h14-17H,7-11,13,18-19H2,1-5H3,(H,33,34). The molecule has 9 nitrogen and oxygen atoms in total. The van der Waals surface area contributed by atoms with Crippen molar-refractivity contribution in [2.24, 2.45) is 0 Å². The molecule has 38 heavy (non-hydrogen) atoms. The molecule has 1 fully saturated rings. The van der Waals surface area contributed by atoms with Gasteiger partial charge in [0.05, 0.1) is 11.3 Å². The zero-order valence-electron chi connectivity index (χ0n) is 22.8. The Morgan fingerprint density at radius 1 is 1.24 bits per heavy atom. The van der Waals surface area contributed by atoms with Crippen molar-refractivity contribution in [3.05, 3.63) is 35.8 Å². The lowest BCUT2D eigenvalue weighted by Gasteiger charge is -2.21. The Balaban J connectivity index is 1.47. The first-order chi connectivity index (χ1) is 17.8. The van der Waals surface area contributed by atoms with Crippen LogP contribution in [0.1, 0.15) is 24.1 Å². The van der Waals surface area contributed by atoms with Crippen LogP contribution in [0.3, 0.4) is 0 Å². The van der Waals surface area contributed by atoms with E-state index in [2.05, 4.69) is 37.3 Å². The SMILES string of the molecule is C[Si](C)(C)CCOCn1cc(C#CP(C)(C)=O)c2cc(-c3cc4n(n3)CCC43CCN(C(=O)O)C3)cnc21. The Hall–Kier alpha value is -2.86. The maximum atomic E-state index is 12.3. The number of carboxylic acid groups (broad SMARTS) is 1. The third kappa shape index (κ3) is 5.46. The summed E-state index contributed by atoms with van der Waals surface area (Å²) in [5, 5.41) is 15.2. The number of likely N-dealkylation sites (tertiary alicyclic amines) is 1. The van der Waals surface area contributed by atoms with Crippen molar-refractivity contribution in [3.63, 3.8) is 0 Å². The molecule has 1 N–H and O–H groups in total. The first kappa shape index (κ1) is 26.7. The average molecular weight is 554 g/mol. The average Bonchev–Trinajstić information content (AvgIpc) is 3.59. The summed E-state index contributed by atoms with van der Waals surface area (Å²) in [4.78, 5) is 17.8. The van der Waals surface area contributed by atoms with Gasteiger partial charge in [-0.1, -0.05) is 25.6 Å². The van der Waals surface area contributed by atoms with Gasteiger partial charge in [0, 0.05) is 68.8 Å². The van der Waals surface area contributed by atoms with E-state index in [9.17, 15) is 14.5 Å². The second-order valence-corrected chi connectivity index (χ2v) is 20.7. The molecule has 1 spiro atoms. The van der Waals surface area contributed by atoms with E-state index in [0.717, 1.165) is 59.0 Å². The monoisotopic (exact) mass is 553 g/mol. The highest BCUT2D eigenvalue weighted by molar-refractivity contribution is 7.67. The molecule has 0 bridgehead atoms. The van der Waals surface area contributed by atoms with Crippen molar-refractivity contribution in [1.82, 2.24) is 24.2 Å². The molecule has 5 rings (SSSR count). The summed E-state index contributed by atoms with van der Waals surface area (Å²) in [5.74, 6) is 3.13. The lowest BCUT2D eigenvalue weighted by Crippen LogP contribution is -2.32. The zero-order valence-corrected chi connectivity index (χ0v) is 24.7. The number of amides is 1. The topological polar surface area (TPSA) is 102 Å². The molecule has 11 heteroatoms. The van der Waals surface area contributed by atoms with Gasteiger partial charge in [0.2, 0.25) is 0 Å². The second-order valence-electron chi connectivity index (χ2n) is 12.2. The van der Waals surface area contributed by atoms with Gasteiger partial charge in [0.1, 0.15) is 19.5 Å². The van der Waals surface area contributed by atoms with Crippen molar-refractivity contribution in [3.8, 4) is 22.8 Å². The van der Waals surface area contributed by atoms with E-state index in [-0.39, 0.29) is 5.41 Å². The Morgan fingerprint density at radius 3 is 2.68 bits per heavy atom. The van der Waals surface area contributed by atoms with E-state index in [4.69, 9.17) is 14.8 Å². The Morgan fingerprint density at radius 2 is 2.00 bits per heavy atom. The molecular formula is C27H36N5O4PSi. The van der Waals surface area contributed by atoms with E-state index < -0.39 is 21.3 Å². The van der Waals surface area contributed by atoms with E-state index in [0.29, 0.717) is 26.4 Å². The predicted molar refractivity (Wildman–Crippen MR) is 152 cm³/mol. The molecular weight excluding hydrogens is 517 g/mol. The number of fused-ring (bicyclic) bond motifs is 3. The lowest BCUT2D eigenvalue weighted by atomic mass is 9.82. The molecule has 3 aromatic heterocycles. The van der Waals surface area contributed by atoms with Gasteiger partial charge in [-0.2, -0.15) is 5.10 Å². The van der Waals surface area contributed by atoms with Crippen LogP contribution in [0.5, 0.6) is 0 Å². The van der Waals surface area contributed by atoms with Gasteiger partial charge in [-0.25, -0.2) is 9.78 Å². The number of hydrogen-bond acceptors (Lipinski definition) is 5. The molecule has 2 aliphatic rings. The Bertz CT molecular complexity index is 1510. The minimum absolute atomic E-state index is 0.169. The van der Waals surface area contributed by atoms with Crippen molar-refractivity contribution >= 4 is 32.3 Å². The number of ether oxygens (including phenoxy) is 1. The Labute approximate surface area is 224 Å². The minimum Gasteiger partial charge on any atom is -0.465 e. The largest absolute Gasteiger partial charge is 0.465 e. The van der Waals surface area contributed by atoms with Gasteiger partial charge in [0.25, 0.3) is 0 Å². The maximum absolute atomic E-state index is 12.3. The molecule has 5 heterocycles. The van der Waals surface area contributed by atoms with E-state index >= 15 is 0 Å². The van der Waals surface area contributed by atoms with Crippen molar-refractivity contribution in [2.45, 2.75) is 57.2 Å². The molecule has 0 aromatic carbocycles. The highest BCUT2D eigenvalue weighted by Crippen LogP contribution is 2.44. The van der Waals surface area contributed by atoms with E-state index in [1.165, 1.54) is 4.90 Å². The van der Waals surface area contributed by atoms with Gasteiger partial charge >= 0.3 is 6.09 Å². The Kier molecular flexibility index (Phi) is 6.83. The van der Waals surface area contributed by atoms with Gasteiger partial charge in [0.15, 0.2) is 0 Å². The molecule has 1 saturated heterocycles. The number of rotatable bonds is 6. The molecule has 1 amide bonds. The number of nitrogens with zero attached hydrogens (tertiary/aromatic N) is 5. The third-order valence-corrected chi connectivity index (χ3v) is 9.80. The van der Waals surface area contributed by atoms with Crippen LogP contribution in [-0.2, 0) is 28.0 Å². The lowest BCUT2D eigenvalue weighted by molar-refractivity contribution is 0.0898. The van der Waals surface area contributed by atoms with Gasteiger partial charge in [-0.3, -0.25) is 4.68 Å². The molecule has 2 aliphatic heterocycles. The quantitative estimate of drug-likeness (QED) is 0.196. The van der Waals surface area contributed by atoms with Gasteiger partial charge < -0.3 is 23.9 Å². The zero-order chi connectivity index (χ0) is 27.3. The minimum atomic E-state index is -2.52. The number of aryl methyl sites for hydroxylation is 1. The number of pyridine rings is 1. The van der Waals surface area contributed by atoms with Crippen LogP contribution in [-0.4, -0.2) is 76.5 Å². The number of hydrogen-bond donors (Lipinski definition) is 1. The van der Waals surface area contributed by atoms with Crippen LogP contribution in [0.4, 0.5) is 4.79 Å². The molecule has 202 valence electrons. The van der Waals surface area contributed by atoms with Gasteiger partial charge in [-0.15, -0.1) is 0 Å².